The Morgan fingerprint density at radius 1 is 0.921 bits per heavy atom. The smallest absolute Gasteiger partial charge is 0.288 e. The molecule has 0 saturated carbocycles. The van der Waals surface area contributed by atoms with Crippen LogP contribution >= 0.6 is 0 Å². The van der Waals surface area contributed by atoms with E-state index in [2.05, 4.69) is 15.8 Å². The molecule has 0 bridgehead atoms. The predicted octanol–water partition coefficient (Wildman–Crippen LogP) is 6.36. The van der Waals surface area contributed by atoms with Crippen molar-refractivity contribution in [3.8, 4) is 17.2 Å². The molecule has 2 aromatic heterocycles. The van der Waals surface area contributed by atoms with Gasteiger partial charge in [0.1, 0.15) is 35.4 Å². The van der Waals surface area contributed by atoms with Gasteiger partial charge in [0.2, 0.25) is 0 Å². The Morgan fingerprint density at radius 2 is 1.63 bits per heavy atom. The number of rotatable bonds is 8. The number of benzene rings is 3. The summed E-state index contributed by atoms with van der Waals surface area (Å²) in [6.07, 6.45) is 1.75. The topological polar surface area (TPSA) is 76.9 Å². The molecule has 0 aliphatic heterocycles. The molecule has 0 unspecified atom stereocenters. The monoisotopic (exact) mass is 514 g/mol. The lowest BCUT2D eigenvalue weighted by molar-refractivity contribution is 0.0956. The first-order valence-corrected chi connectivity index (χ1v) is 11.8. The van der Waals surface area contributed by atoms with E-state index in [0.29, 0.717) is 34.3 Å². The van der Waals surface area contributed by atoms with Crippen LogP contribution < -0.4 is 20.3 Å². The highest BCUT2D eigenvalue weighted by molar-refractivity contribution is 5.95. The van der Waals surface area contributed by atoms with Gasteiger partial charge in [-0.15, -0.1) is 0 Å². The third-order valence-corrected chi connectivity index (χ3v) is 5.78. The van der Waals surface area contributed by atoms with Crippen LogP contribution in [0.5, 0.6) is 17.2 Å². The molecule has 0 aliphatic rings. The van der Waals surface area contributed by atoms with Gasteiger partial charge in [0.25, 0.3) is 5.91 Å². The van der Waals surface area contributed by atoms with E-state index in [9.17, 15) is 13.6 Å². The van der Waals surface area contributed by atoms with Gasteiger partial charge in [-0.1, -0.05) is 30.3 Å². The number of hydrogen-bond donors (Lipinski definition) is 2. The molecular weight excluding hydrogens is 490 g/mol. The maximum Gasteiger partial charge on any atom is 0.288 e. The molecule has 38 heavy (non-hydrogen) atoms. The molecule has 9 heteroatoms. The number of ether oxygens (including phenoxy) is 2. The van der Waals surface area contributed by atoms with E-state index < -0.39 is 17.5 Å². The summed E-state index contributed by atoms with van der Waals surface area (Å²) in [6, 6.07) is 21.9. The van der Waals surface area contributed by atoms with Gasteiger partial charge in [0.15, 0.2) is 11.4 Å². The molecule has 2 heterocycles. The minimum Gasteiger partial charge on any atom is -0.485 e. The van der Waals surface area contributed by atoms with Crippen LogP contribution in [0.25, 0.3) is 5.65 Å². The van der Waals surface area contributed by atoms with Gasteiger partial charge >= 0.3 is 0 Å². The summed E-state index contributed by atoms with van der Waals surface area (Å²) >= 11 is 0. The van der Waals surface area contributed by atoms with Crippen molar-refractivity contribution in [3.63, 3.8) is 0 Å². The number of hydrogen-bond acceptors (Lipinski definition) is 5. The number of nitrogens with zero attached hydrogens (tertiary/aromatic N) is 2. The van der Waals surface area contributed by atoms with E-state index >= 15 is 0 Å². The van der Waals surface area contributed by atoms with E-state index in [1.54, 1.807) is 41.8 Å². The van der Waals surface area contributed by atoms with Crippen molar-refractivity contribution in [1.82, 2.24) is 14.8 Å². The Kier molecular flexibility index (Phi) is 6.90. The number of pyridine rings is 1. The normalized spacial score (nSPS) is 10.8. The van der Waals surface area contributed by atoms with Crippen LogP contribution in [-0.2, 0) is 6.61 Å². The van der Waals surface area contributed by atoms with Crippen molar-refractivity contribution in [2.75, 3.05) is 5.43 Å². The molecule has 0 saturated heterocycles. The highest BCUT2D eigenvalue weighted by Crippen LogP contribution is 2.27. The minimum atomic E-state index is -0.697. The number of nitrogens with one attached hydrogen (secondary N) is 2. The average Bonchev–Trinajstić information content (AvgIpc) is 3.23. The molecule has 3 aromatic carbocycles. The lowest BCUT2D eigenvalue weighted by atomic mass is 10.2. The molecule has 192 valence electrons. The zero-order valence-corrected chi connectivity index (χ0v) is 20.7. The fraction of sp³-hybridized carbons (Fsp3) is 0.103. The standard InChI is InChI=1S/C29H24F2N4O3/c1-18-14-26(37-17-23-24(30)12-7-13-25(23)31)28-32-19(2)27(35(28)16-18)29(36)34-33-20-8-6-11-22(15-20)38-21-9-4-3-5-10-21/h3-16,33H,17H2,1-2H3,(H,34,36). The van der Waals surface area contributed by atoms with Gasteiger partial charge in [0.05, 0.1) is 16.9 Å². The average molecular weight is 515 g/mol. The number of anilines is 1. The molecule has 7 nitrogen and oxygen atoms in total. The fourth-order valence-corrected chi connectivity index (χ4v) is 4.01. The number of para-hydroxylation sites is 1. The number of halogens is 2. The molecule has 0 atom stereocenters. The first-order chi connectivity index (χ1) is 18.4. The van der Waals surface area contributed by atoms with E-state index in [4.69, 9.17) is 9.47 Å². The highest BCUT2D eigenvalue weighted by atomic mass is 19.1. The van der Waals surface area contributed by atoms with Crippen LogP contribution in [0.15, 0.2) is 85.1 Å². The van der Waals surface area contributed by atoms with E-state index in [0.717, 1.165) is 5.56 Å². The van der Waals surface area contributed by atoms with Gasteiger partial charge in [-0.2, -0.15) is 0 Å². The zero-order valence-electron chi connectivity index (χ0n) is 20.7. The van der Waals surface area contributed by atoms with Gasteiger partial charge < -0.3 is 9.47 Å². The van der Waals surface area contributed by atoms with Crippen molar-refractivity contribution >= 4 is 17.2 Å². The van der Waals surface area contributed by atoms with Crippen LogP contribution in [0.2, 0.25) is 0 Å². The van der Waals surface area contributed by atoms with Crippen molar-refractivity contribution in [2.24, 2.45) is 0 Å². The van der Waals surface area contributed by atoms with Crippen molar-refractivity contribution in [1.29, 1.82) is 0 Å². The van der Waals surface area contributed by atoms with Crippen LogP contribution in [0.4, 0.5) is 14.5 Å². The number of hydrazine groups is 1. The van der Waals surface area contributed by atoms with Crippen molar-refractivity contribution < 1.29 is 23.0 Å². The molecule has 1 amide bonds. The number of carbonyl (C=O) groups is 1. The molecule has 2 N–H and O–H groups in total. The predicted molar refractivity (Wildman–Crippen MR) is 139 cm³/mol. The van der Waals surface area contributed by atoms with Gasteiger partial charge in [-0.05, 0) is 61.9 Å². The second-order valence-corrected chi connectivity index (χ2v) is 8.63. The molecular formula is C29H24F2N4O3. The summed E-state index contributed by atoms with van der Waals surface area (Å²) in [5.41, 5.74) is 7.90. The summed E-state index contributed by atoms with van der Waals surface area (Å²) in [5, 5.41) is 0. The third kappa shape index (κ3) is 5.27. The Bertz CT molecular complexity index is 1600. The summed E-state index contributed by atoms with van der Waals surface area (Å²) in [6.45, 7) is 3.20. The fourth-order valence-electron chi connectivity index (χ4n) is 4.01. The van der Waals surface area contributed by atoms with E-state index in [-0.39, 0.29) is 17.9 Å². The Morgan fingerprint density at radius 3 is 2.39 bits per heavy atom. The van der Waals surface area contributed by atoms with Crippen molar-refractivity contribution in [2.45, 2.75) is 20.5 Å². The van der Waals surface area contributed by atoms with Gasteiger partial charge in [-0.25, -0.2) is 13.8 Å². The maximum absolute atomic E-state index is 14.1. The second kappa shape index (κ2) is 10.6. The number of amides is 1. The SMILES string of the molecule is Cc1cc(OCc2c(F)cccc2F)c2nc(C)c(C(=O)NNc3cccc(Oc4ccccc4)c3)n2c1. The number of aryl methyl sites for hydroxylation is 2. The number of aromatic nitrogens is 2. The van der Waals surface area contributed by atoms with Crippen LogP contribution in [-0.4, -0.2) is 15.3 Å². The molecule has 0 spiro atoms. The summed E-state index contributed by atoms with van der Waals surface area (Å²) in [7, 11) is 0. The van der Waals surface area contributed by atoms with Crippen molar-refractivity contribution in [3.05, 3.63) is 119 Å². The van der Waals surface area contributed by atoms with Crippen LogP contribution in [0, 0.1) is 25.5 Å². The van der Waals surface area contributed by atoms with Crippen LogP contribution in [0.3, 0.4) is 0 Å². The first kappa shape index (κ1) is 24.8. The molecule has 0 radical (unpaired) electrons. The van der Waals surface area contributed by atoms with Gasteiger partial charge in [-0.3, -0.25) is 20.0 Å². The summed E-state index contributed by atoms with van der Waals surface area (Å²) < 4.78 is 41.3. The zero-order chi connectivity index (χ0) is 26.6. The molecule has 0 aliphatic carbocycles. The Labute approximate surface area is 217 Å². The highest BCUT2D eigenvalue weighted by Gasteiger charge is 2.20. The quantitative estimate of drug-likeness (QED) is 0.236. The van der Waals surface area contributed by atoms with E-state index in [1.165, 1.54) is 18.2 Å². The summed E-state index contributed by atoms with van der Waals surface area (Å²) in [5.74, 6) is -0.226. The largest absolute Gasteiger partial charge is 0.485 e. The maximum atomic E-state index is 14.1. The molecule has 0 fully saturated rings. The number of fused-ring (bicyclic) bond motifs is 1. The lowest BCUT2D eigenvalue weighted by Gasteiger charge is -2.12. The lowest BCUT2D eigenvalue weighted by Crippen LogP contribution is -2.30. The Hall–Kier alpha value is -4.92. The first-order valence-electron chi connectivity index (χ1n) is 11.8. The number of imidazole rings is 1. The molecule has 5 rings (SSSR count). The van der Waals surface area contributed by atoms with Crippen LogP contribution in [0.1, 0.15) is 27.3 Å². The minimum absolute atomic E-state index is 0.184. The van der Waals surface area contributed by atoms with E-state index in [1.807, 2.05) is 43.3 Å². The summed E-state index contributed by atoms with van der Waals surface area (Å²) in [4.78, 5) is 17.7. The number of carbonyl (C=O) groups excluding carboxylic acids is 1. The van der Waals surface area contributed by atoms with Gasteiger partial charge in [0, 0.05) is 12.3 Å². The third-order valence-electron chi connectivity index (χ3n) is 5.78. The second-order valence-electron chi connectivity index (χ2n) is 8.63. The molecule has 5 aromatic rings. The Balaban J connectivity index is 1.34.